The van der Waals surface area contributed by atoms with E-state index >= 15 is 0 Å². The van der Waals surface area contributed by atoms with Crippen LogP contribution in [-0.4, -0.2) is 47.7 Å². The van der Waals surface area contributed by atoms with Crippen molar-refractivity contribution in [1.29, 1.82) is 0 Å². The van der Waals surface area contributed by atoms with E-state index in [0.29, 0.717) is 22.9 Å². The number of halogens is 1. The molecule has 0 saturated carbocycles. The molecule has 8 heteroatoms. The Morgan fingerprint density at radius 2 is 2.19 bits per heavy atom. The number of carbonyl (C=O) groups excluding carboxylic acids is 1. The molecule has 1 aromatic rings. The molecule has 0 aliphatic carbocycles. The molecule has 1 N–H and O–H groups in total. The van der Waals surface area contributed by atoms with Crippen LogP contribution in [0.2, 0.25) is 0 Å². The summed E-state index contributed by atoms with van der Waals surface area (Å²) in [7, 11) is 1.87. The Labute approximate surface area is 165 Å². The lowest BCUT2D eigenvalue weighted by molar-refractivity contribution is -0.387. The predicted octanol–water partition coefficient (Wildman–Crippen LogP) is 3.98. The van der Waals surface area contributed by atoms with Gasteiger partial charge in [-0.05, 0) is 50.1 Å². The average Bonchev–Trinajstić information content (AvgIpc) is 3.02. The number of nitrogens with zero attached hydrogens (tertiary/aromatic N) is 2. The second-order valence-electron chi connectivity index (χ2n) is 6.82. The van der Waals surface area contributed by atoms with Crippen molar-refractivity contribution in [3.63, 3.8) is 0 Å². The molecule has 2 rings (SSSR count). The molecule has 1 aromatic carbocycles. The molecule has 0 radical (unpaired) electrons. The highest BCUT2D eigenvalue weighted by atomic mass is 35.5. The van der Waals surface area contributed by atoms with E-state index in [9.17, 15) is 14.9 Å². The number of nitro groups is 1. The zero-order valence-corrected chi connectivity index (χ0v) is 17.2. The fourth-order valence-electron chi connectivity index (χ4n) is 3.04. The van der Waals surface area contributed by atoms with Crippen molar-refractivity contribution >= 4 is 35.8 Å². The molecular weight excluding hydrogens is 374 g/mol. The van der Waals surface area contributed by atoms with Gasteiger partial charge in [0.2, 0.25) is 0 Å². The van der Waals surface area contributed by atoms with Crippen LogP contribution in [-0.2, 0) is 0 Å². The number of likely N-dealkylation sites (tertiary alicyclic amines) is 1. The van der Waals surface area contributed by atoms with Gasteiger partial charge in [0.05, 0.1) is 9.82 Å². The van der Waals surface area contributed by atoms with Crippen LogP contribution in [0, 0.1) is 16.0 Å². The summed E-state index contributed by atoms with van der Waals surface area (Å²) in [6, 6.07) is 5.05. The van der Waals surface area contributed by atoms with E-state index in [1.165, 1.54) is 17.8 Å². The largest absolute Gasteiger partial charge is 0.334 e. The van der Waals surface area contributed by atoms with Gasteiger partial charge in [-0.3, -0.25) is 14.9 Å². The lowest BCUT2D eigenvalue weighted by atomic mass is 10.1. The first-order valence-corrected chi connectivity index (χ1v) is 9.79. The zero-order chi connectivity index (χ0) is 18.4. The Balaban J connectivity index is 0.00000338. The monoisotopic (exact) mass is 401 g/mol. The summed E-state index contributed by atoms with van der Waals surface area (Å²) in [4.78, 5) is 26.3. The van der Waals surface area contributed by atoms with E-state index in [2.05, 4.69) is 19.2 Å². The fourth-order valence-corrected chi connectivity index (χ4v) is 4.29. The molecule has 6 nitrogen and oxygen atoms in total. The SMILES string of the molecule is CNCC1CCCN1C(=O)c1ccc(SCCC(C)C)c([N+](=O)[O-])c1.Cl. The van der Waals surface area contributed by atoms with Crippen LogP contribution < -0.4 is 5.32 Å². The summed E-state index contributed by atoms with van der Waals surface area (Å²) in [6.07, 6.45) is 2.95. The maximum Gasteiger partial charge on any atom is 0.283 e. The first kappa shape index (κ1) is 22.7. The lowest BCUT2D eigenvalue weighted by Crippen LogP contribution is -2.40. The number of carbonyl (C=O) groups is 1. The van der Waals surface area contributed by atoms with Gasteiger partial charge in [-0.2, -0.15) is 0 Å². The molecule has 1 fully saturated rings. The van der Waals surface area contributed by atoms with Crippen molar-refractivity contribution in [2.75, 3.05) is 25.9 Å². The topological polar surface area (TPSA) is 75.5 Å². The molecule has 1 atom stereocenters. The van der Waals surface area contributed by atoms with Crippen molar-refractivity contribution in [2.45, 2.75) is 44.0 Å². The van der Waals surface area contributed by atoms with Gasteiger partial charge in [0, 0.05) is 30.8 Å². The molecule has 0 spiro atoms. The van der Waals surface area contributed by atoms with Crippen LogP contribution in [0.25, 0.3) is 0 Å². The number of rotatable bonds is 8. The van der Waals surface area contributed by atoms with Gasteiger partial charge in [0.15, 0.2) is 0 Å². The molecular formula is C18H28ClN3O3S. The van der Waals surface area contributed by atoms with Crippen molar-refractivity contribution in [2.24, 2.45) is 5.92 Å². The normalized spacial score (nSPS) is 16.6. The number of hydrogen-bond donors (Lipinski definition) is 1. The fraction of sp³-hybridized carbons (Fsp3) is 0.611. The third-order valence-electron chi connectivity index (χ3n) is 4.43. The van der Waals surface area contributed by atoms with Crippen molar-refractivity contribution in [3.05, 3.63) is 33.9 Å². The van der Waals surface area contributed by atoms with Gasteiger partial charge in [-0.15, -0.1) is 24.2 Å². The maximum atomic E-state index is 12.8. The van der Waals surface area contributed by atoms with Crippen LogP contribution in [0.3, 0.4) is 0 Å². The summed E-state index contributed by atoms with van der Waals surface area (Å²) >= 11 is 1.49. The van der Waals surface area contributed by atoms with Crippen LogP contribution in [0.15, 0.2) is 23.1 Å². The highest BCUT2D eigenvalue weighted by molar-refractivity contribution is 7.99. The molecule has 1 aliphatic rings. The number of hydrogen-bond acceptors (Lipinski definition) is 5. The Morgan fingerprint density at radius 3 is 2.81 bits per heavy atom. The average molecular weight is 402 g/mol. The Hall–Kier alpha value is -1.31. The van der Waals surface area contributed by atoms with Gasteiger partial charge in [-0.25, -0.2) is 0 Å². The summed E-state index contributed by atoms with van der Waals surface area (Å²) in [6.45, 7) is 5.73. The molecule has 26 heavy (non-hydrogen) atoms. The van der Waals surface area contributed by atoms with Crippen LogP contribution in [0.4, 0.5) is 5.69 Å². The van der Waals surface area contributed by atoms with Crippen molar-refractivity contribution < 1.29 is 9.72 Å². The minimum atomic E-state index is -0.385. The molecule has 146 valence electrons. The van der Waals surface area contributed by atoms with Crippen LogP contribution in [0.1, 0.15) is 43.5 Å². The summed E-state index contributed by atoms with van der Waals surface area (Å²) in [5, 5.41) is 14.6. The second kappa shape index (κ2) is 10.7. The molecule has 1 aliphatic heterocycles. The molecule has 1 unspecified atom stereocenters. The second-order valence-corrected chi connectivity index (χ2v) is 7.96. The first-order chi connectivity index (χ1) is 11.9. The summed E-state index contributed by atoms with van der Waals surface area (Å²) in [5.74, 6) is 1.29. The lowest BCUT2D eigenvalue weighted by Gasteiger charge is -2.24. The number of nitro benzene ring substituents is 1. The predicted molar refractivity (Wildman–Crippen MR) is 109 cm³/mol. The molecule has 0 aromatic heterocycles. The third-order valence-corrected chi connectivity index (χ3v) is 5.53. The van der Waals surface area contributed by atoms with Crippen molar-refractivity contribution in [3.8, 4) is 0 Å². The van der Waals surface area contributed by atoms with E-state index in [1.54, 1.807) is 12.1 Å². The van der Waals surface area contributed by atoms with Crippen LogP contribution in [0.5, 0.6) is 0 Å². The maximum absolute atomic E-state index is 12.8. The Kier molecular flexibility index (Phi) is 9.39. The minimum absolute atomic E-state index is 0. The molecule has 1 heterocycles. The van der Waals surface area contributed by atoms with E-state index in [0.717, 1.165) is 31.6 Å². The van der Waals surface area contributed by atoms with E-state index in [-0.39, 0.29) is 35.0 Å². The van der Waals surface area contributed by atoms with E-state index < -0.39 is 0 Å². The molecule has 1 saturated heterocycles. The van der Waals surface area contributed by atoms with Gasteiger partial charge >= 0.3 is 0 Å². The van der Waals surface area contributed by atoms with Gasteiger partial charge in [-0.1, -0.05) is 13.8 Å². The van der Waals surface area contributed by atoms with E-state index in [4.69, 9.17) is 0 Å². The number of thioether (sulfide) groups is 1. The Bertz CT molecular complexity index is 628. The summed E-state index contributed by atoms with van der Waals surface area (Å²) < 4.78 is 0. The summed E-state index contributed by atoms with van der Waals surface area (Å²) in [5.41, 5.74) is 0.437. The molecule has 1 amide bonds. The zero-order valence-electron chi connectivity index (χ0n) is 15.6. The van der Waals surface area contributed by atoms with E-state index in [1.807, 2.05) is 11.9 Å². The van der Waals surface area contributed by atoms with Gasteiger partial charge in [0.1, 0.15) is 0 Å². The number of likely N-dealkylation sites (N-methyl/N-ethyl adjacent to an activating group) is 1. The number of benzene rings is 1. The Morgan fingerprint density at radius 1 is 1.46 bits per heavy atom. The molecule has 0 bridgehead atoms. The third kappa shape index (κ3) is 5.86. The standard InChI is InChI=1S/C18H27N3O3S.ClH/c1-13(2)8-10-25-17-7-6-14(11-16(17)21(23)24)18(22)20-9-4-5-15(20)12-19-3;/h6-7,11,13,15,19H,4-5,8-10,12H2,1-3H3;1H. The number of amides is 1. The van der Waals surface area contributed by atoms with Gasteiger partial charge < -0.3 is 10.2 Å². The van der Waals surface area contributed by atoms with Crippen molar-refractivity contribution in [1.82, 2.24) is 10.2 Å². The minimum Gasteiger partial charge on any atom is -0.334 e. The highest BCUT2D eigenvalue weighted by Crippen LogP contribution is 2.32. The highest BCUT2D eigenvalue weighted by Gasteiger charge is 2.30. The van der Waals surface area contributed by atoms with Crippen LogP contribution >= 0.6 is 24.2 Å². The van der Waals surface area contributed by atoms with Gasteiger partial charge in [0.25, 0.3) is 11.6 Å². The quantitative estimate of drug-likeness (QED) is 0.405. The number of nitrogens with one attached hydrogen (secondary N) is 1. The first-order valence-electron chi connectivity index (χ1n) is 8.80. The smallest absolute Gasteiger partial charge is 0.283 e.